The third-order valence-electron chi connectivity index (χ3n) is 5.60. The first-order valence-corrected chi connectivity index (χ1v) is 9.23. The molecule has 1 heterocycles. The molecule has 1 saturated carbocycles. The van der Waals surface area contributed by atoms with Gasteiger partial charge in [0, 0.05) is 17.4 Å². The van der Waals surface area contributed by atoms with Crippen molar-refractivity contribution in [3.63, 3.8) is 0 Å². The van der Waals surface area contributed by atoms with Crippen molar-refractivity contribution in [1.29, 1.82) is 0 Å². The second-order valence-electron chi connectivity index (χ2n) is 7.31. The van der Waals surface area contributed by atoms with Crippen LogP contribution in [0.4, 0.5) is 14.9 Å². The standard InChI is InChI=1S/C20H24FN5O3/c1-6-12-15(16-17(18(27)29-5)25-26-24-16)20(12,4)11(3)22-19(28)23-14-9-10(2)7-8-13(14)21/h6-9,11,15H,1-5H3,(H2,22,23,28)(H,24,25,26)/b12-6-/t11-,15?,20?/m0/s1. The summed E-state index contributed by atoms with van der Waals surface area (Å²) in [7, 11) is 1.28. The average Bonchev–Trinajstić information content (AvgIpc) is 3.04. The number of aryl methyl sites for hydroxylation is 1. The Balaban J connectivity index is 1.77. The molecule has 0 spiro atoms. The third-order valence-corrected chi connectivity index (χ3v) is 5.60. The molecule has 0 bridgehead atoms. The minimum atomic E-state index is -0.577. The monoisotopic (exact) mass is 401 g/mol. The molecule has 1 fully saturated rings. The van der Waals surface area contributed by atoms with Gasteiger partial charge >= 0.3 is 12.0 Å². The maximum Gasteiger partial charge on any atom is 0.360 e. The molecule has 0 saturated heterocycles. The van der Waals surface area contributed by atoms with Gasteiger partial charge in [-0.25, -0.2) is 14.0 Å². The number of aromatic amines is 1. The quantitative estimate of drug-likeness (QED) is 0.526. The number of methoxy groups -OCH3 is 1. The number of rotatable bonds is 5. The SMILES string of the molecule is C/C=C1/C(c2n[nH]nc2C(=O)OC)C1(C)[C@H](C)NC(=O)Nc1cc(C)ccc1F. The third kappa shape index (κ3) is 3.59. The van der Waals surface area contributed by atoms with Crippen LogP contribution < -0.4 is 10.6 Å². The lowest BCUT2D eigenvalue weighted by Crippen LogP contribution is -2.41. The zero-order valence-corrected chi connectivity index (χ0v) is 17.0. The van der Waals surface area contributed by atoms with Crippen LogP contribution in [0.2, 0.25) is 0 Å². The van der Waals surface area contributed by atoms with Gasteiger partial charge in [0.2, 0.25) is 0 Å². The summed E-state index contributed by atoms with van der Waals surface area (Å²) in [5.41, 5.74) is 2.09. The van der Waals surface area contributed by atoms with E-state index in [9.17, 15) is 14.0 Å². The van der Waals surface area contributed by atoms with Gasteiger partial charge in [-0.1, -0.05) is 24.6 Å². The molecule has 2 unspecified atom stereocenters. The summed E-state index contributed by atoms with van der Waals surface area (Å²) in [4.78, 5) is 24.4. The Labute approximate surface area is 167 Å². The fourth-order valence-corrected chi connectivity index (χ4v) is 3.82. The number of aromatic nitrogens is 3. The number of allylic oxidation sites excluding steroid dienone is 1. The number of halogens is 1. The van der Waals surface area contributed by atoms with Crippen LogP contribution in [0.1, 0.15) is 48.4 Å². The molecule has 2 aromatic rings. The number of carbonyl (C=O) groups is 2. The number of nitrogens with zero attached hydrogens (tertiary/aromatic N) is 2. The molecule has 0 aliphatic heterocycles. The number of hydrogen-bond donors (Lipinski definition) is 3. The van der Waals surface area contributed by atoms with Gasteiger partial charge in [-0.15, -0.1) is 5.10 Å². The van der Waals surface area contributed by atoms with Crippen LogP contribution in [0, 0.1) is 18.2 Å². The molecule has 2 amide bonds. The fraction of sp³-hybridized carbons (Fsp3) is 0.400. The lowest BCUT2D eigenvalue weighted by Gasteiger charge is -2.22. The molecule has 154 valence electrons. The molecule has 3 atom stereocenters. The van der Waals surface area contributed by atoms with E-state index in [2.05, 4.69) is 26.0 Å². The Hall–Kier alpha value is -3.23. The van der Waals surface area contributed by atoms with Crippen LogP contribution in [0.5, 0.6) is 0 Å². The van der Waals surface area contributed by atoms with Gasteiger partial charge in [0.1, 0.15) is 11.5 Å². The molecule has 1 aromatic carbocycles. The van der Waals surface area contributed by atoms with Gasteiger partial charge in [0.25, 0.3) is 0 Å². The highest BCUT2D eigenvalue weighted by atomic mass is 19.1. The second-order valence-corrected chi connectivity index (χ2v) is 7.31. The van der Waals surface area contributed by atoms with Gasteiger partial charge in [0.05, 0.1) is 12.8 Å². The van der Waals surface area contributed by atoms with Crippen LogP contribution in [-0.4, -0.2) is 40.6 Å². The molecule has 1 aliphatic carbocycles. The molecule has 3 N–H and O–H groups in total. The maximum absolute atomic E-state index is 13.9. The molecule has 29 heavy (non-hydrogen) atoms. The second kappa shape index (κ2) is 7.65. The number of anilines is 1. The zero-order valence-electron chi connectivity index (χ0n) is 17.0. The van der Waals surface area contributed by atoms with E-state index in [1.54, 1.807) is 12.1 Å². The van der Waals surface area contributed by atoms with Crippen molar-refractivity contribution >= 4 is 17.7 Å². The lowest BCUT2D eigenvalue weighted by atomic mass is 9.95. The molecular formula is C20H24FN5O3. The predicted molar refractivity (Wildman–Crippen MR) is 105 cm³/mol. The first-order chi connectivity index (χ1) is 13.7. The van der Waals surface area contributed by atoms with Crippen molar-refractivity contribution in [3.05, 3.63) is 52.6 Å². The Kier molecular flexibility index (Phi) is 5.41. The zero-order chi connectivity index (χ0) is 21.3. The number of benzene rings is 1. The summed E-state index contributed by atoms with van der Waals surface area (Å²) in [6, 6.07) is 3.66. The van der Waals surface area contributed by atoms with Crippen molar-refractivity contribution in [1.82, 2.24) is 20.7 Å². The predicted octanol–water partition coefficient (Wildman–Crippen LogP) is 3.30. The van der Waals surface area contributed by atoms with Crippen LogP contribution >= 0.6 is 0 Å². The Morgan fingerprint density at radius 1 is 1.38 bits per heavy atom. The van der Waals surface area contributed by atoms with Crippen LogP contribution in [0.25, 0.3) is 0 Å². The number of esters is 1. The van der Waals surface area contributed by atoms with Crippen molar-refractivity contribution in [2.24, 2.45) is 5.41 Å². The highest BCUT2D eigenvalue weighted by molar-refractivity contribution is 5.90. The van der Waals surface area contributed by atoms with E-state index in [0.717, 1.165) is 11.1 Å². The van der Waals surface area contributed by atoms with Crippen LogP contribution in [0.3, 0.4) is 0 Å². The number of hydrogen-bond acceptors (Lipinski definition) is 5. The van der Waals surface area contributed by atoms with Crippen molar-refractivity contribution < 1.29 is 18.7 Å². The molecule has 1 aromatic heterocycles. The van der Waals surface area contributed by atoms with E-state index in [4.69, 9.17) is 4.74 Å². The highest BCUT2D eigenvalue weighted by Gasteiger charge is 2.62. The number of nitrogens with one attached hydrogen (secondary N) is 3. The van der Waals surface area contributed by atoms with E-state index >= 15 is 0 Å². The maximum atomic E-state index is 13.9. The summed E-state index contributed by atoms with van der Waals surface area (Å²) in [6.45, 7) is 7.53. The average molecular weight is 401 g/mol. The Morgan fingerprint density at radius 2 is 2.10 bits per heavy atom. The minimum Gasteiger partial charge on any atom is -0.464 e. The fourth-order valence-electron chi connectivity index (χ4n) is 3.82. The number of H-pyrrole nitrogens is 1. The number of amides is 2. The molecule has 3 rings (SSSR count). The molecule has 0 radical (unpaired) electrons. The summed E-state index contributed by atoms with van der Waals surface area (Å²) in [5.74, 6) is -1.29. The first-order valence-electron chi connectivity index (χ1n) is 9.23. The summed E-state index contributed by atoms with van der Waals surface area (Å²) >= 11 is 0. The van der Waals surface area contributed by atoms with Crippen LogP contribution in [0.15, 0.2) is 29.8 Å². The smallest absolute Gasteiger partial charge is 0.360 e. The van der Waals surface area contributed by atoms with Crippen LogP contribution in [-0.2, 0) is 4.74 Å². The summed E-state index contributed by atoms with van der Waals surface area (Å²) < 4.78 is 18.7. The van der Waals surface area contributed by atoms with Gasteiger partial charge in [-0.2, -0.15) is 10.3 Å². The molecular weight excluding hydrogens is 377 g/mol. The topological polar surface area (TPSA) is 109 Å². The Morgan fingerprint density at radius 3 is 2.76 bits per heavy atom. The van der Waals surface area contributed by atoms with E-state index in [-0.39, 0.29) is 23.3 Å². The molecule has 9 heteroatoms. The lowest BCUT2D eigenvalue weighted by molar-refractivity contribution is 0.0592. The van der Waals surface area contributed by atoms with Crippen molar-refractivity contribution in [3.8, 4) is 0 Å². The van der Waals surface area contributed by atoms with E-state index < -0.39 is 23.2 Å². The van der Waals surface area contributed by atoms with Crippen molar-refractivity contribution in [2.75, 3.05) is 12.4 Å². The van der Waals surface area contributed by atoms with Gasteiger partial charge in [0.15, 0.2) is 5.69 Å². The van der Waals surface area contributed by atoms with E-state index in [1.807, 2.05) is 33.8 Å². The van der Waals surface area contributed by atoms with Gasteiger partial charge < -0.3 is 15.4 Å². The molecule has 8 nitrogen and oxygen atoms in total. The number of carbonyl (C=O) groups excluding carboxylic acids is 2. The number of urea groups is 1. The summed E-state index contributed by atoms with van der Waals surface area (Å²) in [6.07, 6.45) is 1.94. The van der Waals surface area contributed by atoms with Gasteiger partial charge in [-0.3, -0.25) is 0 Å². The van der Waals surface area contributed by atoms with E-state index in [1.165, 1.54) is 13.2 Å². The highest BCUT2D eigenvalue weighted by Crippen LogP contribution is 2.66. The van der Waals surface area contributed by atoms with E-state index in [0.29, 0.717) is 5.69 Å². The largest absolute Gasteiger partial charge is 0.464 e. The molecule has 1 aliphatic rings. The van der Waals surface area contributed by atoms with Gasteiger partial charge in [-0.05, 0) is 38.5 Å². The van der Waals surface area contributed by atoms with Crippen molar-refractivity contribution in [2.45, 2.75) is 39.7 Å². The number of ether oxygens (including phenoxy) is 1. The minimum absolute atomic E-state index is 0.114. The summed E-state index contributed by atoms with van der Waals surface area (Å²) in [5, 5.41) is 15.9. The first kappa shape index (κ1) is 20.5. The normalized spacial score (nSPS) is 22.8. The Bertz CT molecular complexity index is 986.